The van der Waals surface area contributed by atoms with Gasteiger partial charge in [0.2, 0.25) is 0 Å². The molecule has 6 rings (SSSR count). The molecule has 0 aliphatic carbocycles. The molecule has 4 heterocycles. The second-order valence-corrected chi connectivity index (χ2v) is 12.2. The molecule has 3 aromatic heterocycles. The van der Waals surface area contributed by atoms with E-state index in [1.807, 2.05) is 6.92 Å². The Labute approximate surface area is 244 Å². The molecule has 0 radical (unpaired) electrons. The van der Waals surface area contributed by atoms with Gasteiger partial charge in [-0.25, -0.2) is 17.4 Å². The van der Waals surface area contributed by atoms with Crippen LogP contribution in [0.1, 0.15) is 17.4 Å². The number of aliphatic hydroxyl groups is 3. The number of fused-ring (bicyclic) bond motifs is 2. The monoisotopic (exact) mass is 614 g/mol. The molecule has 2 aromatic carbocycles. The van der Waals surface area contributed by atoms with Crippen molar-refractivity contribution >= 4 is 49.5 Å². The number of benzene rings is 2. The van der Waals surface area contributed by atoms with Crippen molar-refractivity contribution in [3.8, 4) is 6.01 Å². The van der Waals surface area contributed by atoms with Gasteiger partial charge in [0.05, 0.1) is 30.0 Å². The highest BCUT2D eigenvalue weighted by Gasteiger charge is 2.44. The summed E-state index contributed by atoms with van der Waals surface area (Å²) in [6.07, 6.45) is -1.54. The number of nitrogen functional groups attached to an aromatic ring is 1. The Morgan fingerprint density at radius 3 is 2.60 bits per heavy atom. The van der Waals surface area contributed by atoms with E-state index in [0.29, 0.717) is 21.5 Å². The third kappa shape index (κ3) is 4.85. The van der Waals surface area contributed by atoms with Gasteiger partial charge >= 0.3 is 6.01 Å². The van der Waals surface area contributed by atoms with Gasteiger partial charge in [0.25, 0.3) is 10.0 Å². The van der Waals surface area contributed by atoms with Gasteiger partial charge in [0.1, 0.15) is 18.3 Å². The largest absolute Gasteiger partial charge is 0.463 e. The Balaban J connectivity index is 1.27. The first-order valence-electron chi connectivity index (χ1n) is 13.0. The van der Waals surface area contributed by atoms with E-state index >= 15 is 0 Å². The molecule has 0 amide bonds. The maximum Gasteiger partial charge on any atom is 0.320 e. The summed E-state index contributed by atoms with van der Waals surface area (Å²) in [5, 5.41) is 31.1. The normalized spacial score (nSPS) is 21.0. The molecule has 0 spiro atoms. The van der Waals surface area contributed by atoms with Gasteiger partial charge < -0.3 is 30.5 Å². The molecule has 42 heavy (non-hydrogen) atoms. The summed E-state index contributed by atoms with van der Waals surface area (Å²) in [4.78, 5) is 12.9. The summed E-state index contributed by atoms with van der Waals surface area (Å²) in [6.45, 7) is 1.46. The van der Waals surface area contributed by atoms with Crippen molar-refractivity contribution in [2.75, 3.05) is 18.9 Å². The first-order chi connectivity index (χ1) is 20.1. The van der Waals surface area contributed by atoms with E-state index in [4.69, 9.17) is 26.8 Å². The highest BCUT2D eigenvalue weighted by Crippen LogP contribution is 2.33. The van der Waals surface area contributed by atoms with Crippen LogP contribution in [0.15, 0.2) is 59.9 Å². The smallest absolute Gasteiger partial charge is 0.320 e. The predicted octanol–water partition coefficient (Wildman–Crippen LogP) is 1.80. The molecule has 1 saturated heterocycles. The van der Waals surface area contributed by atoms with Crippen LogP contribution in [-0.2, 0) is 21.2 Å². The van der Waals surface area contributed by atoms with Crippen LogP contribution in [0.5, 0.6) is 6.01 Å². The van der Waals surface area contributed by atoms with Gasteiger partial charge in [-0.05, 0) is 42.8 Å². The SMILES string of the molecule is Cc1ccc(S(=O)(=O)n2cc(CCOc3nc(N)c4ncn([C@@H]5O[C@H](CO)[C@@H](O)[C@H]5O)c4n3)c3cc(Cl)ccc32)cc1. The van der Waals surface area contributed by atoms with E-state index in [1.54, 1.807) is 48.7 Å². The van der Waals surface area contributed by atoms with Crippen LogP contribution >= 0.6 is 11.6 Å². The molecular formula is C27H27ClN6O7S. The number of hydrogen-bond acceptors (Lipinski definition) is 11. The Hall–Kier alpha value is -3.79. The van der Waals surface area contributed by atoms with Crippen molar-refractivity contribution in [2.24, 2.45) is 0 Å². The molecule has 220 valence electrons. The molecule has 1 aliphatic heterocycles. The Bertz CT molecular complexity index is 1890. The molecule has 0 unspecified atom stereocenters. The number of aryl methyl sites for hydroxylation is 1. The average Bonchev–Trinajstić information content (AvgIpc) is 3.63. The zero-order chi connectivity index (χ0) is 29.8. The number of halogens is 1. The summed E-state index contributed by atoms with van der Waals surface area (Å²) < 4.78 is 41.1. The number of nitrogens with zero attached hydrogens (tertiary/aromatic N) is 5. The highest BCUT2D eigenvalue weighted by atomic mass is 35.5. The average molecular weight is 615 g/mol. The van der Waals surface area contributed by atoms with E-state index in [1.165, 1.54) is 14.9 Å². The zero-order valence-corrected chi connectivity index (χ0v) is 23.8. The fourth-order valence-electron chi connectivity index (χ4n) is 4.99. The van der Waals surface area contributed by atoms with Gasteiger partial charge in [-0.15, -0.1) is 0 Å². The summed E-state index contributed by atoms with van der Waals surface area (Å²) in [5.41, 5.74) is 8.61. The number of aromatic nitrogens is 5. The zero-order valence-electron chi connectivity index (χ0n) is 22.2. The van der Waals surface area contributed by atoms with Crippen LogP contribution in [0.3, 0.4) is 0 Å². The standard InChI is InChI=1S/C27H27ClN6O7S/c1-14-2-5-17(6-3-14)42(38,39)34-11-15(18-10-16(28)4-7-19(18)34)8-9-40-27-31-24(29)21-25(32-27)33(13-30-21)26-23(37)22(36)20(12-35)41-26/h2-7,10-11,13,20,22-23,26,35-37H,8-9,12H2,1H3,(H2,29,31,32)/t20-,22-,23-,26-/m1/s1. The topological polar surface area (TPSA) is 188 Å². The predicted molar refractivity (Wildman–Crippen MR) is 153 cm³/mol. The number of nitrogens with two attached hydrogens (primary N) is 1. The lowest BCUT2D eigenvalue weighted by Gasteiger charge is -2.16. The molecular weight excluding hydrogens is 588 g/mol. The van der Waals surface area contributed by atoms with E-state index < -0.39 is 41.2 Å². The van der Waals surface area contributed by atoms with Crippen LogP contribution in [0, 0.1) is 6.92 Å². The van der Waals surface area contributed by atoms with E-state index in [9.17, 15) is 23.7 Å². The number of anilines is 1. The van der Waals surface area contributed by atoms with Gasteiger partial charge in [0, 0.05) is 23.0 Å². The van der Waals surface area contributed by atoms with Crippen molar-refractivity contribution < 1.29 is 33.2 Å². The minimum Gasteiger partial charge on any atom is -0.463 e. The quantitative estimate of drug-likeness (QED) is 0.199. The Morgan fingerprint density at radius 2 is 1.88 bits per heavy atom. The van der Waals surface area contributed by atoms with Gasteiger partial charge in [-0.3, -0.25) is 4.57 Å². The minimum absolute atomic E-state index is 0.0214. The van der Waals surface area contributed by atoms with E-state index in [-0.39, 0.29) is 40.9 Å². The molecule has 5 aromatic rings. The molecule has 5 N–H and O–H groups in total. The third-order valence-corrected chi connectivity index (χ3v) is 9.14. The first-order valence-corrected chi connectivity index (χ1v) is 14.8. The fraction of sp³-hybridized carbons (Fsp3) is 0.296. The molecule has 1 fully saturated rings. The minimum atomic E-state index is -3.89. The van der Waals surface area contributed by atoms with Crippen LogP contribution in [-0.4, -0.2) is 78.8 Å². The summed E-state index contributed by atoms with van der Waals surface area (Å²) in [5.74, 6) is 0.0214. The van der Waals surface area contributed by atoms with Crippen LogP contribution < -0.4 is 10.5 Å². The summed E-state index contributed by atoms with van der Waals surface area (Å²) >= 11 is 6.26. The number of imidazole rings is 1. The van der Waals surface area contributed by atoms with Gasteiger partial charge in [0.15, 0.2) is 23.2 Å². The second kappa shape index (κ2) is 10.8. The Kier molecular flexibility index (Phi) is 7.29. The summed E-state index contributed by atoms with van der Waals surface area (Å²) in [7, 11) is -3.89. The van der Waals surface area contributed by atoms with Crippen LogP contribution in [0.4, 0.5) is 5.82 Å². The lowest BCUT2D eigenvalue weighted by molar-refractivity contribution is -0.0511. The fourth-order valence-corrected chi connectivity index (χ4v) is 6.55. The van der Waals surface area contributed by atoms with Crippen molar-refractivity contribution in [1.82, 2.24) is 23.5 Å². The first kappa shape index (κ1) is 28.3. The maximum atomic E-state index is 13.5. The van der Waals surface area contributed by atoms with Crippen LogP contribution in [0.2, 0.25) is 5.02 Å². The van der Waals surface area contributed by atoms with Crippen LogP contribution in [0.25, 0.3) is 22.1 Å². The number of rotatable bonds is 8. The van der Waals surface area contributed by atoms with Crippen molar-refractivity contribution in [3.63, 3.8) is 0 Å². The second-order valence-electron chi connectivity index (χ2n) is 9.97. The maximum absolute atomic E-state index is 13.5. The molecule has 13 nitrogen and oxygen atoms in total. The van der Waals surface area contributed by atoms with Gasteiger partial charge in [-0.2, -0.15) is 9.97 Å². The number of ether oxygens (including phenoxy) is 2. The summed E-state index contributed by atoms with van der Waals surface area (Å²) in [6, 6.07) is 11.5. The number of hydrogen-bond donors (Lipinski definition) is 4. The third-order valence-electron chi connectivity index (χ3n) is 7.21. The van der Waals surface area contributed by atoms with Crippen molar-refractivity contribution in [2.45, 2.75) is 42.8 Å². The van der Waals surface area contributed by atoms with Gasteiger partial charge in [-0.1, -0.05) is 29.3 Å². The van der Waals surface area contributed by atoms with Crippen molar-refractivity contribution in [1.29, 1.82) is 0 Å². The lowest BCUT2D eigenvalue weighted by atomic mass is 10.1. The lowest BCUT2D eigenvalue weighted by Crippen LogP contribution is -2.33. The highest BCUT2D eigenvalue weighted by molar-refractivity contribution is 7.90. The molecule has 0 bridgehead atoms. The molecule has 15 heteroatoms. The van der Waals surface area contributed by atoms with Crippen molar-refractivity contribution in [3.05, 3.63) is 71.1 Å². The number of aliphatic hydroxyl groups excluding tert-OH is 3. The molecule has 0 saturated carbocycles. The molecule has 1 aliphatic rings. The Morgan fingerprint density at radius 1 is 1.12 bits per heavy atom. The molecule has 4 atom stereocenters. The van der Waals surface area contributed by atoms with E-state index in [2.05, 4.69) is 15.0 Å². The van der Waals surface area contributed by atoms with E-state index in [0.717, 1.165) is 5.56 Å².